The van der Waals surface area contributed by atoms with E-state index in [0.29, 0.717) is 12.8 Å². The van der Waals surface area contributed by atoms with Crippen LogP contribution in [-0.2, 0) is 4.79 Å². The first-order valence-corrected chi connectivity index (χ1v) is 6.96. The molecule has 1 atom stereocenters. The van der Waals surface area contributed by atoms with Crippen molar-refractivity contribution < 1.29 is 23.8 Å². The second-order valence-electron chi connectivity index (χ2n) is 4.56. The Kier molecular flexibility index (Phi) is 6.65. The Morgan fingerprint density at radius 3 is 2.67 bits per heavy atom. The van der Waals surface area contributed by atoms with Crippen LogP contribution in [0.3, 0.4) is 0 Å². The van der Waals surface area contributed by atoms with E-state index in [1.165, 1.54) is 18.2 Å². The number of amides is 1. The molecule has 1 unspecified atom stereocenters. The number of aliphatic carboxylic acids is 1. The van der Waals surface area contributed by atoms with E-state index in [1.54, 1.807) is 6.92 Å². The van der Waals surface area contributed by atoms with Crippen LogP contribution in [0.2, 0.25) is 0 Å². The van der Waals surface area contributed by atoms with Crippen molar-refractivity contribution in [2.75, 3.05) is 6.61 Å². The number of hydrogen-bond donors (Lipinski definition) is 2. The number of benzene rings is 1. The summed E-state index contributed by atoms with van der Waals surface area (Å²) in [5.41, 5.74) is -0.000372. The number of halogens is 1. The van der Waals surface area contributed by atoms with Gasteiger partial charge in [0.25, 0.3) is 5.91 Å². The standard InChI is InChI=1S/C15H20FNO4/c1-3-5-9-12(15(19)20)17-14(18)10-7-6-8-11(16)13(10)21-4-2/h6-8,12H,3-5,9H2,1-2H3,(H,17,18)(H,19,20). The topological polar surface area (TPSA) is 75.6 Å². The fraction of sp³-hybridized carbons (Fsp3) is 0.467. The van der Waals surface area contributed by atoms with Crippen molar-refractivity contribution in [3.63, 3.8) is 0 Å². The molecule has 0 aliphatic carbocycles. The lowest BCUT2D eigenvalue weighted by atomic mass is 10.1. The maximum Gasteiger partial charge on any atom is 0.326 e. The van der Waals surface area contributed by atoms with Gasteiger partial charge in [0.05, 0.1) is 12.2 Å². The van der Waals surface area contributed by atoms with Crippen LogP contribution in [0.5, 0.6) is 5.75 Å². The number of carbonyl (C=O) groups excluding carboxylic acids is 1. The zero-order chi connectivity index (χ0) is 15.8. The highest BCUT2D eigenvalue weighted by molar-refractivity contribution is 5.99. The van der Waals surface area contributed by atoms with Crippen LogP contribution in [0.4, 0.5) is 4.39 Å². The molecule has 0 aliphatic rings. The van der Waals surface area contributed by atoms with E-state index in [-0.39, 0.29) is 17.9 Å². The van der Waals surface area contributed by atoms with Gasteiger partial charge in [-0.25, -0.2) is 9.18 Å². The lowest BCUT2D eigenvalue weighted by Gasteiger charge is -2.16. The zero-order valence-electron chi connectivity index (χ0n) is 12.2. The molecule has 116 valence electrons. The first-order chi connectivity index (χ1) is 10.0. The number of carboxylic acid groups (broad SMARTS) is 1. The molecule has 1 aromatic rings. The molecule has 0 aromatic heterocycles. The van der Waals surface area contributed by atoms with Gasteiger partial charge >= 0.3 is 5.97 Å². The number of carboxylic acids is 1. The van der Waals surface area contributed by atoms with Crippen LogP contribution in [0.25, 0.3) is 0 Å². The number of rotatable bonds is 8. The van der Waals surface area contributed by atoms with Crippen LogP contribution < -0.4 is 10.1 Å². The third-order valence-corrected chi connectivity index (χ3v) is 2.95. The maximum absolute atomic E-state index is 13.7. The number of hydrogen-bond acceptors (Lipinski definition) is 3. The van der Waals surface area contributed by atoms with E-state index >= 15 is 0 Å². The molecule has 1 amide bonds. The van der Waals surface area contributed by atoms with Crippen molar-refractivity contribution in [1.29, 1.82) is 0 Å². The van der Waals surface area contributed by atoms with E-state index in [4.69, 9.17) is 9.84 Å². The largest absolute Gasteiger partial charge is 0.490 e. The van der Waals surface area contributed by atoms with Crippen LogP contribution in [0.1, 0.15) is 43.5 Å². The predicted molar refractivity (Wildman–Crippen MR) is 76.0 cm³/mol. The number of ether oxygens (including phenoxy) is 1. The Bertz CT molecular complexity index is 504. The van der Waals surface area contributed by atoms with E-state index in [0.717, 1.165) is 6.42 Å². The lowest BCUT2D eigenvalue weighted by molar-refractivity contribution is -0.139. The zero-order valence-corrected chi connectivity index (χ0v) is 12.2. The van der Waals surface area contributed by atoms with Gasteiger partial charge in [-0.3, -0.25) is 4.79 Å². The van der Waals surface area contributed by atoms with Crippen molar-refractivity contribution in [3.8, 4) is 5.75 Å². The molecular weight excluding hydrogens is 277 g/mol. The van der Waals surface area contributed by atoms with Gasteiger partial charge in [0, 0.05) is 0 Å². The maximum atomic E-state index is 13.7. The van der Waals surface area contributed by atoms with Gasteiger partial charge in [-0.15, -0.1) is 0 Å². The number of nitrogens with one attached hydrogen (secondary N) is 1. The molecule has 0 bridgehead atoms. The Morgan fingerprint density at radius 1 is 1.38 bits per heavy atom. The van der Waals surface area contributed by atoms with Gasteiger partial charge < -0.3 is 15.2 Å². The molecule has 5 nitrogen and oxygen atoms in total. The number of carbonyl (C=O) groups is 2. The second kappa shape index (κ2) is 8.24. The van der Waals surface area contributed by atoms with Crippen molar-refractivity contribution >= 4 is 11.9 Å². The van der Waals surface area contributed by atoms with Crippen LogP contribution in [0, 0.1) is 5.82 Å². The Hall–Kier alpha value is -2.11. The fourth-order valence-corrected chi connectivity index (χ4v) is 1.88. The summed E-state index contributed by atoms with van der Waals surface area (Å²) in [6.07, 6.45) is 1.83. The normalized spacial score (nSPS) is 11.8. The molecule has 1 rings (SSSR count). The Morgan fingerprint density at radius 2 is 2.10 bits per heavy atom. The predicted octanol–water partition coefficient (Wildman–Crippen LogP) is 2.60. The Labute approximate surface area is 123 Å². The van der Waals surface area contributed by atoms with Gasteiger partial charge in [-0.05, 0) is 25.5 Å². The highest BCUT2D eigenvalue weighted by atomic mass is 19.1. The molecule has 0 fully saturated rings. The van der Waals surface area contributed by atoms with E-state index < -0.39 is 23.7 Å². The van der Waals surface area contributed by atoms with Crippen LogP contribution >= 0.6 is 0 Å². The molecule has 0 saturated heterocycles. The SMILES string of the molecule is CCCCC(NC(=O)c1cccc(F)c1OCC)C(=O)O. The number of para-hydroxylation sites is 1. The molecule has 6 heteroatoms. The number of unbranched alkanes of at least 4 members (excludes halogenated alkanes) is 1. The van der Waals surface area contributed by atoms with Crippen LogP contribution in [0.15, 0.2) is 18.2 Å². The average Bonchev–Trinajstić information content (AvgIpc) is 2.45. The summed E-state index contributed by atoms with van der Waals surface area (Å²) in [6.45, 7) is 3.81. The molecule has 0 spiro atoms. The summed E-state index contributed by atoms with van der Waals surface area (Å²) >= 11 is 0. The summed E-state index contributed by atoms with van der Waals surface area (Å²) in [4.78, 5) is 23.3. The molecular formula is C15H20FNO4. The fourth-order valence-electron chi connectivity index (χ4n) is 1.88. The van der Waals surface area contributed by atoms with E-state index in [1.807, 2.05) is 6.92 Å². The van der Waals surface area contributed by atoms with Gasteiger partial charge in [-0.1, -0.05) is 25.8 Å². The van der Waals surface area contributed by atoms with E-state index in [9.17, 15) is 14.0 Å². The lowest BCUT2D eigenvalue weighted by Crippen LogP contribution is -2.40. The quantitative estimate of drug-likeness (QED) is 0.773. The second-order valence-corrected chi connectivity index (χ2v) is 4.56. The minimum Gasteiger partial charge on any atom is -0.490 e. The Balaban J connectivity index is 2.92. The first-order valence-electron chi connectivity index (χ1n) is 6.96. The smallest absolute Gasteiger partial charge is 0.326 e. The summed E-state index contributed by atoms with van der Waals surface area (Å²) in [7, 11) is 0. The van der Waals surface area contributed by atoms with Crippen molar-refractivity contribution in [2.24, 2.45) is 0 Å². The van der Waals surface area contributed by atoms with Crippen molar-refractivity contribution in [2.45, 2.75) is 39.2 Å². The molecule has 0 radical (unpaired) electrons. The summed E-state index contributed by atoms with van der Waals surface area (Å²) in [5, 5.41) is 11.5. The van der Waals surface area contributed by atoms with Gasteiger partial charge in [-0.2, -0.15) is 0 Å². The molecule has 21 heavy (non-hydrogen) atoms. The summed E-state index contributed by atoms with van der Waals surface area (Å²) in [6, 6.07) is 2.99. The molecule has 0 aliphatic heterocycles. The van der Waals surface area contributed by atoms with Crippen molar-refractivity contribution in [1.82, 2.24) is 5.32 Å². The third kappa shape index (κ3) is 4.73. The van der Waals surface area contributed by atoms with Gasteiger partial charge in [0.2, 0.25) is 0 Å². The van der Waals surface area contributed by atoms with Crippen LogP contribution in [-0.4, -0.2) is 29.6 Å². The molecule has 2 N–H and O–H groups in total. The average molecular weight is 297 g/mol. The summed E-state index contributed by atoms with van der Waals surface area (Å²) in [5.74, 6) is -2.56. The highest BCUT2D eigenvalue weighted by Crippen LogP contribution is 2.22. The monoisotopic (exact) mass is 297 g/mol. The molecule has 0 saturated carbocycles. The first kappa shape index (κ1) is 16.9. The summed E-state index contributed by atoms with van der Waals surface area (Å²) < 4.78 is 18.8. The van der Waals surface area contributed by atoms with Gasteiger partial charge in [0.1, 0.15) is 6.04 Å². The minimum atomic E-state index is -1.11. The molecule has 0 heterocycles. The highest BCUT2D eigenvalue weighted by Gasteiger charge is 2.23. The minimum absolute atomic E-state index is 0.000372. The van der Waals surface area contributed by atoms with Gasteiger partial charge in [0.15, 0.2) is 11.6 Å². The van der Waals surface area contributed by atoms with E-state index in [2.05, 4.69) is 5.32 Å². The molecule has 1 aromatic carbocycles. The van der Waals surface area contributed by atoms with Crippen molar-refractivity contribution in [3.05, 3.63) is 29.6 Å². The third-order valence-electron chi connectivity index (χ3n) is 2.95.